The van der Waals surface area contributed by atoms with E-state index >= 15 is 0 Å². The molecule has 0 amide bonds. The van der Waals surface area contributed by atoms with Crippen LogP contribution in [0, 0.1) is 5.82 Å². The molecular formula is C15H15FN2S2. The first-order valence-corrected chi connectivity index (χ1v) is 7.59. The largest absolute Gasteiger partial charge is 0.389 e. The molecule has 0 aromatic heterocycles. The van der Waals surface area contributed by atoms with Crippen LogP contribution in [-0.4, -0.2) is 10.7 Å². The van der Waals surface area contributed by atoms with Crippen molar-refractivity contribution in [2.24, 2.45) is 5.73 Å². The van der Waals surface area contributed by atoms with Gasteiger partial charge in [0.25, 0.3) is 0 Å². The van der Waals surface area contributed by atoms with Crippen molar-refractivity contribution in [2.75, 3.05) is 11.1 Å². The lowest BCUT2D eigenvalue weighted by Gasteiger charge is -2.14. The highest BCUT2D eigenvalue weighted by Gasteiger charge is 2.11. The van der Waals surface area contributed by atoms with E-state index in [0.717, 1.165) is 21.9 Å². The molecule has 0 aliphatic heterocycles. The van der Waals surface area contributed by atoms with Crippen molar-refractivity contribution in [3.63, 3.8) is 0 Å². The van der Waals surface area contributed by atoms with Crippen molar-refractivity contribution in [1.82, 2.24) is 0 Å². The molecule has 104 valence electrons. The number of nitrogens with two attached hydrogens (primary N) is 1. The predicted molar refractivity (Wildman–Crippen MR) is 88.4 cm³/mol. The summed E-state index contributed by atoms with van der Waals surface area (Å²) in [7, 11) is 0. The van der Waals surface area contributed by atoms with E-state index in [-0.39, 0.29) is 5.82 Å². The number of rotatable bonds is 5. The summed E-state index contributed by atoms with van der Waals surface area (Å²) in [4.78, 5) is 1.36. The summed E-state index contributed by atoms with van der Waals surface area (Å²) in [6.45, 7) is 2.07. The second kappa shape index (κ2) is 6.72. The minimum Gasteiger partial charge on any atom is -0.389 e. The Morgan fingerprint density at radius 2 is 2.05 bits per heavy atom. The van der Waals surface area contributed by atoms with Gasteiger partial charge in [0, 0.05) is 21.8 Å². The maximum absolute atomic E-state index is 13.2. The fraction of sp³-hybridized carbons (Fsp3) is 0.133. The quantitative estimate of drug-likeness (QED) is 0.637. The zero-order valence-electron chi connectivity index (χ0n) is 11.0. The van der Waals surface area contributed by atoms with E-state index in [0.29, 0.717) is 10.7 Å². The smallest absolute Gasteiger partial charge is 0.125 e. The Balaban J connectivity index is 2.40. The van der Waals surface area contributed by atoms with E-state index in [4.69, 9.17) is 18.0 Å². The lowest BCUT2D eigenvalue weighted by Crippen LogP contribution is -2.13. The van der Waals surface area contributed by atoms with Crippen LogP contribution in [-0.2, 0) is 0 Å². The molecule has 2 aromatic rings. The van der Waals surface area contributed by atoms with Gasteiger partial charge in [0.2, 0.25) is 0 Å². The van der Waals surface area contributed by atoms with E-state index in [1.807, 2.05) is 18.2 Å². The number of hydrogen-bond donors (Lipinski definition) is 2. The van der Waals surface area contributed by atoms with Crippen LogP contribution in [0.2, 0.25) is 0 Å². The molecule has 0 fully saturated rings. The van der Waals surface area contributed by atoms with Crippen molar-refractivity contribution in [3.8, 4) is 0 Å². The average Bonchev–Trinajstić information content (AvgIpc) is 2.39. The molecule has 20 heavy (non-hydrogen) atoms. The molecule has 0 saturated carbocycles. The first-order chi connectivity index (χ1) is 9.61. The van der Waals surface area contributed by atoms with Gasteiger partial charge in [-0.15, -0.1) is 11.8 Å². The standard InChI is InChI=1S/C15H15FN2S2/c1-2-20-13-8-4-7-12(14(13)15(17)19)18-11-6-3-5-10(16)9-11/h3-9,18H,2H2,1H3,(H2,17,19). The molecule has 0 atom stereocenters. The molecular weight excluding hydrogens is 291 g/mol. The Hall–Kier alpha value is -1.59. The van der Waals surface area contributed by atoms with Crippen LogP contribution in [0.4, 0.5) is 15.8 Å². The lowest BCUT2D eigenvalue weighted by atomic mass is 10.1. The van der Waals surface area contributed by atoms with E-state index in [9.17, 15) is 4.39 Å². The fourth-order valence-electron chi connectivity index (χ4n) is 1.89. The van der Waals surface area contributed by atoms with Gasteiger partial charge in [0.15, 0.2) is 0 Å². The van der Waals surface area contributed by atoms with Crippen molar-refractivity contribution in [1.29, 1.82) is 0 Å². The number of hydrogen-bond acceptors (Lipinski definition) is 3. The SMILES string of the molecule is CCSc1cccc(Nc2cccc(F)c2)c1C(N)=S. The molecule has 0 radical (unpaired) electrons. The third-order valence-corrected chi connectivity index (χ3v) is 3.82. The molecule has 0 aliphatic rings. The highest BCUT2D eigenvalue weighted by atomic mass is 32.2. The van der Waals surface area contributed by atoms with Gasteiger partial charge in [-0.2, -0.15) is 0 Å². The summed E-state index contributed by atoms with van der Waals surface area (Å²) in [5.41, 5.74) is 8.10. The van der Waals surface area contributed by atoms with Crippen LogP contribution in [0.5, 0.6) is 0 Å². The summed E-state index contributed by atoms with van der Waals surface area (Å²) < 4.78 is 13.2. The van der Waals surface area contributed by atoms with Gasteiger partial charge in [-0.1, -0.05) is 31.3 Å². The molecule has 0 saturated heterocycles. The summed E-state index contributed by atoms with van der Waals surface area (Å²) in [6.07, 6.45) is 0. The highest BCUT2D eigenvalue weighted by molar-refractivity contribution is 7.99. The third-order valence-electron chi connectivity index (χ3n) is 2.68. The molecule has 0 spiro atoms. The van der Waals surface area contributed by atoms with Crippen LogP contribution in [0.15, 0.2) is 47.4 Å². The number of thiocarbonyl (C=S) groups is 1. The van der Waals surface area contributed by atoms with Crippen molar-refractivity contribution in [2.45, 2.75) is 11.8 Å². The average molecular weight is 306 g/mol. The molecule has 0 heterocycles. The van der Waals surface area contributed by atoms with E-state index in [2.05, 4.69) is 12.2 Å². The zero-order valence-corrected chi connectivity index (χ0v) is 12.7. The monoisotopic (exact) mass is 306 g/mol. The zero-order chi connectivity index (χ0) is 14.5. The van der Waals surface area contributed by atoms with Gasteiger partial charge < -0.3 is 11.1 Å². The molecule has 2 nitrogen and oxygen atoms in total. The van der Waals surface area contributed by atoms with Gasteiger partial charge in [-0.3, -0.25) is 0 Å². The van der Waals surface area contributed by atoms with Crippen LogP contribution in [0.3, 0.4) is 0 Å². The molecule has 3 N–H and O–H groups in total. The molecule has 5 heteroatoms. The van der Waals surface area contributed by atoms with Gasteiger partial charge in [-0.05, 0) is 36.1 Å². The summed E-state index contributed by atoms with van der Waals surface area (Å²) in [5, 5.41) is 3.17. The van der Waals surface area contributed by atoms with Crippen LogP contribution in [0.1, 0.15) is 12.5 Å². The molecule has 0 aliphatic carbocycles. The second-order valence-electron chi connectivity index (χ2n) is 4.11. The van der Waals surface area contributed by atoms with Crippen molar-refractivity contribution < 1.29 is 4.39 Å². The van der Waals surface area contributed by atoms with E-state index in [1.54, 1.807) is 23.9 Å². The maximum Gasteiger partial charge on any atom is 0.125 e. The highest BCUT2D eigenvalue weighted by Crippen LogP contribution is 2.30. The van der Waals surface area contributed by atoms with Crippen LogP contribution < -0.4 is 11.1 Å². The van der Waals surface area contributed by atoms with Gasteiger partial charge in [0.05, 0.1) is 0 Å². The Morgan fingerprint density at radius 1 is 1.30 bits per heavy atom. The van der Waals surface area contributed by atoms with Crippen molar-refractivity contribution >= 4 is 40.3 Å². The molecule has 0 bridgehead atoms. The van der Waals surface area contributed by atoms with Gasteiger partial charge >= 0.3 is 0 Å². The predicted octanol–water partition coefficient (Wildman–Crippen LogP) is 4.32. The van der Waals surface area contributed by atoms with Gasteiger partial charge in [-0.25, -0.2) is 4.39 Å². The fourth-order valence-corrected chi connectivity index (χ4v) is 3.02. The number of halogens is 1. The van der Waals surface area contributed by atoms with Crippen molar-refractivity contribution in [3.05, 3.63) is 53.8 Å². The third kappa shape index (κ3) is 3.49. The van der Waals surface area contributed by atoms with Crippen LogP contribution >= 0.6 is 24.0 Å². The number of nitrogens with one attached hydrogen (secondary N) is 1. The Morgan fingerprint density at radius 3 is 2.70 bits per heavy atom. The Bertz CT molecular complexity index is 629. The van der Waals surface area contributed by atoms with E-state index in [1.165, 1.54) is 12.1 Å². The normalized spacial score (nSPS) is 10.3. The topological polar surface area (TPSA) is 38.0 Å². The lowest BCUT2D eigenvalue weighted by molar-refractivity contribution is 0.628. The Labute approximate surface area is 127 Å². The molecule has 2 rings (SSSR count). The number of benzene rings is 2. The minimum atomic E-state index is -0.286. The molecule has 0 unspecified atom stereocenters. The minimum absolute atomic E-state index is 0.286. The Kier molecular flexibility index (Phi) is 4.98. The first-order valence-electron chi connectivity index (χ1n) is 6.20. The second-order valence-corrected chi connectivity index (χ2v) is 5.86. The summed E-state index contributed by atoms with van der Waals surface area (Å²) in [6, 6.07) is 12.1. The van der Waals surface area contributed by atoms with Crippen LogP contribution in [0.25, 0.3) is 0 Å². The molecule has 2 aromatic carbocycles. The summed E-state index contributed by atoms with van der Waals surface area (Å²) in [5.74, 6) is 0.643. The first kappa shape index (κ1) is 14.8. The number of thioether (sulfide) groups is 1. The summed E-state index contributed by atoms with van der Waals surface area (Å²) >= 11 is 6.82. The number of anilines is 2. The maximum atomic E-state index is 13.2. The van der Waals surface area contributed by atoms with E-state index < -0.39 is 0 Å². The van der Waals surface area contributed by atoms with Gasteiger partial charge in [0.1, 0.15) is 10.8 Å².